The van der Waals surface area contributed by atoms with Crippen molar-refractivity contribution >= 4 is 0 Å². The summed E-state index contributed by atoms with van der Waals surface area (Å²) in [6.45, 7) is 6.42. The third kappa shape index (κ3) is 2.05. The minimum atomic E-state index is 0.368. The average Bonchev–Trinajstić information content (AvgIpc) is 2.14. The first-order valence-electron chi connectivity index (χ1n) is 4.62. The quantitative estimate of drug-likeness (QED) is 0.724. The fourth-order valence-electron chi connectivity index (χ4n) is 1.49. The highest BCUT2D eigenvalue weighted by Crippen LogP contribution is 2.27. The monoisotopic (exact) mass is 195 g/mol. The number of hydrogen-bond acceptors (Lipinski definition) is 3. The van der Waals surface area contributed by atoms with Gasteiger partial charge in [0.25, 0.3) is 0 Å². The fourth-order valence-corrected chi connectivity index (χ4v) is 1.49. The number of nitrogens with one attached hydrogen (secondary N) is 1. The zero-order valence-corrected chi connectivity index (χ0v) is 9.14. The van der Waals surface area contributed by atoms with E-state index in [2.05, 4.69) is 11.5 Å². The van der Waals surface area contributed by atoms with E-state index in [0.717, 1.165) is 22.3 Å². The maximum atomic E-state index is 9.89. The Labute approximate surface area is 84.7 Å². The molecule has 0 radical (unpaired) electrons. The van der Waals surface area contributed by atoms with Crippen LogP contribution < -0.4 is 5.48 Å². The van der Waals surface area contributed by atoms with Gasteiger partial charge in [-0.2, -0.15) is 5.48 Å². The molecule has 3 heteroatoms. The van der Waals surface area contributed by atoms with E-state index in [4.69, 9.17) is 4.84 Å². The number of aromatic hydroxyl groups is 1. The Morgan fingerprint density at radius 2 is 1.93 bits per heavy atom. The molecule has 0 aliphatic carbocycles. The van der Waals surface area contributed by atoms with Crippen molar-refractivity contribution in [2.45, 2.75) is 27.3 Å². The number of phenols is 1. The van der Waals surface area contributed by atoms with Gasteiger partial charge in [0.1, 0.15) is 5.75 Å². The molecule has 0 aliphatic rings. The molecule has 0 spiro atoms. The lowest BCUT2D eigenvalue weighted by atomic mass is 9.99. The first-order valence-corrected chi connectivity index (χ1v) is 4.62. The molecule has 1 aromatic rings. The first-order chi connectivity index (χ1) is 6.57. The number of aryl methyl sites for hydroxylation is 2. The zero-order valence-electron chi connectivity index (χ0n) is 9.14. The number of benzene rings is 1. The van der Waals surface area contributed by atoms with Crippen LogP contribution in [0, 0.1) is 20.8 Å². The smallest absolute Gasteiger partial charge is 0.123 e. The lowest BCUT2D eigenvalue weighted by molar-refractivity contribution is 0.0860. The van der Waals surface area contributed by atoms with Crippen molar-refractivity contribution in [3.05, 3.63) is 28.3 Å². The Morgan fingerprint density at radius 3 is 2.50 bits per heavy atom. The van der Waals surface area contributed by atoms with Crippen molar-refractivity contribution in [2.24, 2.45) is 0 Å². The molecule has 0 amide bonds. The molecule has 0 unspecified atom stereocenters. The predicted octanol–water partition coefficient (Wildman–Crippen LogP) is 1.97. The van der Waals surface area contributed by atoms with Gasteiger partial charge in [0.15, 0.2) is 0 Å². The van der Waals surface area contributed by atoms with E-state index in [-0.39, 0.29) is 0 Å². The molecule has 0 bridgehead atoms. The Bertz CT molecular complexity index is 335. The number of hydroxylamine groups is 1. The summed E-state index contributed by atoms with van der Waals surface area (Å²) in [7, 11) is 1.56. The minimum absolute atomic E-state index is 0.368. The van der Waals surface area contributed by atoms with Crippen LogP contribution in [0.5, 0.6) is 5.75 Å². The summed E-state index contributed by atoms with van der Waals surface area (Å²) in [5, 5.41) is 9.89. The van der Waals surface area contributed by atoms with Gasteiger partial charge in [-0.1, -0.05) is 6.07 Å². The van der Waals surface area contributed by atoms with Gasteiger partial charge in [0.05, 0.1) is 7.11 Å². The van der Waals surface area contributed by atoms with E-state index in [1.165, 1.54) is 0 Å². The molecule has 14 heavy (non-hydrogen) atoms. The van der Waals surface area contributed by atoms with Crippen LogP contribution in [0.1, 0.15) is 22.3 Å². The van der Waals surface area contributed by atoms with E-state index >= 15 is 0 Å². The van der Waals surface area contributed by atoms with Gasteiger partial charge in [0.2, 0.25) is 0 Å². The minimum Gasteiger partial charge on any atom is -0.507 e. The summed E-state index contributed by atoms with van der Waals surface area (Å²) in [6.07, 6.45) is 0. The van der Waals surface area contributed by atoms with E-state index in [9.17, 15) is 5.11 Å². The lowest BCUT2D eigenvalue weighted by Gasteiger charge is -2.13. The second kappa shape index (κ2) is 4.44. The van der Waals surface area contributed by atoms with Gasteiger partial charge >= 0.3 is 0 Å². The largest absolute Gasteiger partial charge is 0.507 e. The molecule has 0 atom stereocenters. The van der Waals surface area contributed by atoms with Gasteiger partial charge in [-0.3, -0.25) is 0 Å². The highest BCUT2D eigenvalue weighted by atomic mass is 16.6. The van der Waals surface area contributed by atoms with Crippen molar-refractivity contribution in [2.75, 3.05) is 7.11 Å². The predicted molar refractivity (Wildman–Crippen MR) is 56.2 cm³/mol. The summed E-state index contributed by atoms with van der Waals surface area (Å²) < 4.78 is 0. The van der Waals surface area contributed by atoms with Crippen molar-refractivity contribution < 1.29 is 9.94 Å². The number of hydrogen-bond donors (Lipinski definition) is 2. The van der Waals surface area contributed by atoms with Gasteiger partial charge in [-0.15, -0.1) is 0 Å². The molecule has 0 saturated carbocycles. The Morgan fingerprint density at radius 1 is 1.29 bits per heavy atom. The third-order valence-electron chi connectivity index (χ3n) is 2.53. The maximum Gasteiger partial charge on any atom is 0.123 e. The lowest BCUT2D eigenvalue weighted by Crippen LogP contribution is -2.12. The molecule has 0 aromatic heterocycles. The van der Waals surface area contributed by atoms with Crippen LogP contribution in [0.4, 0.5) is 0 Å². The summed E-state index contributed by atoms with van der Waals surface area (Å²) in [5.41, 5.74) is 6.76. The topological polar surface area (TPSA) is 41.5 Å². The van der Waals surface area contributed by atoms with E-state index in [1.807, 2.05) is 20.8 Å². The normalized spacial score (nSPS) is 10.6. The zero-order chi connectivity index (χ0) is 10.7. The molecule has 0 fully saturated rings. The Hall–Kier alpha value is -1.06. The van der Waals surface area contributed by atoms with Gasteiger partial charge in [0, 0.05) is 12.1 Å². The van der Waals surface area contributed by atoms with Crippen molar-refractivity contribution in [3.63, 3.8) is 0 Å². The fraction of sp³-hybridized carbons (Fsp3) is 0.455. The average molecular weight is 195 g/mol. The summed E-state index contributed by atoms with van der Waals surface area (Å²) in [4.78, 5) is 4.76. The molecule has 0 heterocycles. The van der Waals surface area contributed by atoms with Crippen molar-refractivity contribution in [1.29, 1.82) is 0 Å². The molecule has 0 saturated heterocycles. The van der Waals surface area contributed by atoms with Crippen molar-refractivity contribution in [1.82, 2.24) is 5.48 Å². The van der Waals surface area contributed by atoms with Crippen LogP contribution in [0.15, 0.2) is 6.07 Å². The second-order valence-corrected chi connectivity index (χ2v) is 3.49. The van der Waals surface area contributed by atoms with Crippen LogP contribution >= 0.6 is 0 Å². The number of rotatable bonds is 3. The summed E-state index contributed by atoms with van der Waals surface area (Å²) in [6, 6.07) is 2.07. The molecule has 0 aliphatic heterocycles. The second-order valence-electron chi connectivity index (χ2n) is 3.49. The first kappa shape index (κ1) is 11.0. The third-order valence-corrected chi connectivity index (χ3v) is 2.53. The van der Waals surface area contributed by atoms with Crippen LogP contribution in [0.25, 0.3) is 0 Å². The number of phenolic OH excluding ortho intramolecular Hbond substituents is 1. The molecule has 3 nitrogen and oxygen atoms in total. The standard InChI is InChI=1S/C11H17NO2/c1-7-5-8(2)10(6-12-14-4)11(13)9(7)3/h5,12-13H,6H2,1-4H3. The summed E-state index contributed by atoms with van der Waals surface area (Å²) >= 11 is 0. The van der Waals surface area contributed by atoms with Crippen molar-refractivity contribution in [3.8, 4) is 5.75 Å². The van der Waals surface area contributed by atoms with E-state index < -0.39 is 0 Å². The molecule has 2 N–H and O–H groups in total. The highest BCUT2D eigenvalue weighted by molar-refractivity contribution is 5.48. The highest BCUT2D eigenvalue weighted by Gasteiger charge is 2.09. The molecule has 1 rings (SSSR count). The Kier molecular flexibility index (Phi) is 3.49. The van der Waals surface area contributed by atoms with Gasteiger partial charge in [-0.25, -0.2) is 0 Å². The summed E-state index contributed by atoms with van der Waals surface area (Å²) in [5.74, 6) is 0.368. The van der Waals surface area contributed by atoms with Gasteiger partial charge in [-0.05, 0) is 37.5 Å². The molecule has 78 valence electrons. The van der Waals surface area contributed by atoms with Crippen LogP contribution in [0.3, 0.4) is 0 Å². The van der Waals surface area contributed by atoms with Crippen LogP contribution in [0.2, 0.25) is 0 Å². The SMILES string of the molecule is CONCc1c(C)cc(C)c(C)c1O. The van der Waals surface area contributed by atoms with E-state index in [1.54, 1.807) is 7.11 Å². The molecular weight excluding hydrogens is 178 g/mol. The van der Waals surface area contributed by atoms with E-state index in [0.29, 0.717) is 12.3 Å². The molecular formula is C11H17NO2. The van der Waals surface area contributed by atoms with Crippen LogP contribution in [-0.2, 0) is 11.4 Å². The maximum absolute atomic E-state index is 9.89. The molecule has 1 aromatic carbocycles. The Balaban J connectivity index is 3.09. The van der Waals surface area contributed by atoms with Gasteiger partial charge < -0.3 is 9.94 Å². The van der Waals surface area contributed by atoms with Crippen LogP contribution in [-0.4, -0.2) is 12.2 Å².